The zero-order chi connectivity index (χ0) is 19.3. The number of pyridine rings is 3. The highest BCUT2D eigenvalue weighted by Crippen LogP contribution is 2.13. The number of fused-ring (bicyclic) bond motifs is 2. The quantitative estimate of drug-likeness (QED) is 0.679. The van der Waals surface area contributed by atoms with E-state index in [1.54, 1.807) is 35.2 Å². The van der Waals surface area contributed by atoms with Crippen LogP contribution in [0.2, 0.25) is 0 Å². The van der Waals surface area contributed by atoms with Crippen molar-refractivity contribution in [2.75, 3.05) is 13.2 Å². The zero-order valence-electron chi connectivity index (χ0n) is 15.2. The van der Waals surface area contributed by atoms with Crippen molar-refractivity contribution in [1.82, 2.24) is 14.5 Å². The monoisotopic (exact) mass is 377 g/mol. The Morgan fingerprint density at radius 3 is 2.61 bits per heavy atom. The molecule has 1 saturated heterocycles. The van der Waals surface area contributed by atoms with E-state index in [0.717, 1.165) is 22.3 Å². The summed E-state index contributed by atoms with van der Waals surface area (Å²) in [5, 5.41) is 0. The molecule has 0 aromatic carbocycles. The smallest absolute Gasteiger partial charge is 0.251 e. The molecule has 5 rings (SSSR count). The normalized spacial score (nSPS) is 15.9. The van der Waals surface area contributed by atoms with E-state index in [0.29, 0.717) is 26.2 Å². The second-order valence-corrected chi connectivity index (χ2v) is 6.39. The molecule has 0 bridgehead atoms. The first-order valence-corrected chi connectivity index (χ1v) is 9.03. The number of hydrogen-bond acceptors (Lipinski definition) is 6. The van der Waals surface area contributed by atoms with Gasteiger partial charge < -0.3 is 14.0 Å². The maximum Gasteiger partial charge on any atom is 0.251 e. The Labute approximate surface area is 161 Å². The molecule has 0 N–H and O–H groups in total. The lowest BCUT2D eigenvalue weighted by Gasteiger charge is -2.13. The van der Waals surface area contributed by atoms with Gasteiger partial charge in [-0.3, -0.25) is 19.6 Å². The highest BCUT2D eigenvalue weighted by Gasteiger charge is 2.18. The summed E-state index contributed by atoms with van der Waals surface area (Å²) in [6.07, 6.45) is 6.95. The van der Waals surface area contributed by atoms with Crippen LogP contribution in [0.3, 0.4) is 0 Å². The second-order valence-electron chi connectivity index (χ2n) is 6.39. The average Bonchev–Trinajstić information content (AvgIpc) is 3.24. The molecule has 0 atom stereocenters. The molecule has 0 radical (unpaired) electrons. The van der Waals surface area contributed by atoms with Crippen LogP contribution in [-0.4, -0.2) is 39.8 Å². The number of rotatable bonds is 2. The first-order chi connectivity index (χ1) is 13.7. The van der Waals surface area contributed by atoms with E-state index in [1.165, 1.54) is 6.07 Å². The average molecular weight is 377 g/mol. The van der Waals surface area contributed by atoms with E-state index in [2.05, 4.69) is 9.97 Å². The summed E-state index contributed by atoms with van der Waals surface area (Å²) in [6.45, 7) is 1.58. The third-order valence-corrected chi connectivity index (χ3v) is 4.50. The highest BCUT2D eigenvalue weighted by molar-refractivity contribution is 5.97. The summed E-state index contributed by atoms with van der Waals surface area (Å²) >= 11 is 0. The van der Waals surface area contributed by atoms with Gasteiger partial charge in [-0.2, -0.15) is 0 Å². The maximum absolute atomic E-state index is 11.8. The van der Waals surface area contributed by atoms with Crippen molar-refractivity contribution in [1.29, 1.82) is 0 Å². The molecule has 28 heavy (non-hydrogen) atoms. The molecule has 1 fully saturated rings. The minimum absolute atomic E-state index is 0.0652. The van der Waals surface area contributed by atoms with Crippen molar-refractivity contribution >= 4 is 22.9 Å². The van der Waals surface area contributed by atoms with Gasteiger partial charge in [0.15, 0.2) is 12.1 Å². The third-order valence-electron chi connectivity index (χ3n) is 4.50. The number of hydrogen-bond donors (Lipinski definition) is 0. The molecule has 3 aromatic heterocycles. The van der Waals surface area contributed by atoms with E-state index in [9.17, 15) is 9.59 Å². The zero-order valence-corrected chi connectivity index (χ0v) is 15.2. The number of allylic oxidation sites excluding steroid dienone is 1. The summed E-state index contributed by atoms with van der Waals surface area (Å²) in [5.41, 5.74) is 3.49. The number of aromatic nitrogens is 3. The van der Waals surface area contributed by atoms with Crippen LogP contribution in [-0.2, 0) is 27.2 Å². The molecule has 4 heterocycles. The number of carbonyl (C=O) groups excluding carboxylic acids is 1. The Kier molecular flexibility index (Phi) is 5.36. The third kappa shape index (κ3) is 4.05. The van der Waals surface area contributed by atoms with Crippen molar-refractivity contribution in [3.63, 3.8) is 0 Å². The van der Waals surface area contributed by atoms with Crippen LogP contribution in [0.15, 0.2) is 59.7 Å². The van der Waals surface area contributed by atoms with Gasteiger partial charge in [-0.15, -0.1) is 0 Å². The van der Waals surface area contributed by atoms with Crippen LogP contribution in [0.25, 0.3) is 17.1 Å². The molecular weight excluding hydrogens is 358 g/mol. The topological polar surface area (TPSA) is 83.3 Å². The van der Waals surface area contributed by atoms with Crippen molar-refractivity contribution in [2.24, 2.45) is 0 Å². The summed E-state index contributed by atoms with van der Waals surface area (Å²) in [4.78, 5) is 31.1. The minimum Gasteiger partial charge on any atom is -0.348 e. The first kappa shape index (κ1) is 18.2. The Bertz CT molecular complexity index is 1080. The molecule has 0 unspecified atom stereocenters. The molecule has 3 aromatic rings. The number of carbonyl (C=O) groups is 1. The predicted molar refractivity (Wildman–Crippen MR) is 104 cm³/mol. The van der Waals surface area contributed by atoms with Crippen molar-refractivity contribution in [3.05, 3.63) is 76.5 Å². The van der Waals surface area contributed by atoms with Gasteiger partial charge in [0, 0.05) is 24.9 Å². The lowest BCUT2D eigenvalue weighted by molar-refractivity contribution is -0.114. The molecule has 0 amide bonds. The summed E-state index contributed by atoms with van der Waals surface area (Å²) in [7, 11) is 0. The van der Waals surface area contributed by atoms with Crippen LogP contribution < -0.4 is 5.56 Å². The van der Waals surface area contributed by atoms with E-state index in [-0.39, 0.29) is 17.6 Å². The number of ether oxygens (including phenoxy) is 2. The SMILES string of the molecule is O=C1C=Cc2ncccc2C1.O=c1ccc2ncccc2n1CC1OCCO1. The molecule has 0 spiro atoms. The van der Waals surface area contributed by atoms with Crippen LogP contribution in [0.1, 0.15) is 11.3 Å². The number of nitrogens with zero attached hydrogens (tertiary/aromatic N) is 3. The lowest BCUT2D eigenvalue weighted by atomic mass is 10.0. The molecule has 0 saturated carbocycles. The Balaban J connectivity index is 0.000000151. The van der Waals surface area contributed by atoms with Crippen LogP contribution in [0.4, 0.5) is 0 Å². The van der Waals surface area contributed by atoms with Crippen LogP contribution >= 0.6 is 0 Å². The van der Waals surface area contributed by atoms with Gasteiger partial charge in [0.1, 0.15) is 0 Å². The van der Waals surface area contributed by atoms with Gasteiger partial charge in [0.05, 0.1) is 36.5 Å². The Morgan fingerprint density at radius 1 is 0.964 bits per heavy atom. The Hall–Kier alpha value is -3.16. The van der Waals surface area contributed by atoms with Gasteiger partial charge in [-0.25, -0.2) is 0 Å². The van der Waals surface area contributed by atoms with E-state index >= 15 is 0 Å². The largest absolute Gasteiger partial charge is 0.348 e. The minimum atomic E-state index is -0.335. The fraction of sp³-hybridized carbons (Fsp3) is 0.238. The fourth-order valence-electron chi connectivity index (χ4n) is 3.14. The van der Waals surface area contributed by atoms with Gasteiger partial charge in [-0.05, 0) is 42.0 Å². The van der Waals surface area contributed by atoms with E-state index < -0.39 is 0 Å². The summed E-state index contributed by atoms with van der Waals surface area (Å²) in [5.74, 6) is 0.158. The molecule has 7 heteroatoms. The maximum atomic E-state index is 11.8. The first-order valence-electron chi connectivity index (χ1n) is 9.03. The molecule has 1 aliphatic heterocycles. The van der Waals surface area contributed by atoms with Crippen LogP contribution in [0, 0.1) is 0 Å². The van der Waals surface area contributed by atoms with Crippen LogP contribution in [0.5, 0.6) is 0 Å². The van der Waals surface area contributed by atoms with E-state index in [1.807, 2.05) is 24.3 Å². The van der Waals surface area contributed by atoms with Gasteiger partial charge in [0.25, 0.3) is 5.56 Å². The number of ketones is 1. The van der Waals surface area contributed by atoms with Gasteiger partial charge in [0.2, 0.25) is 0 Å². The lowest BCUT2D eigenvalue weighted by Crippen LogP contribution is -2.27. The van der Waals surface area contributed by atoms with Crippen molar-refractivity contribution in [3.8, 4) is 0 Å². The van der Waals surface area contributed by atoms with Crippen molar-refractivity contribution < 1.29 is 14.3 Å². The molecule has 142 valence electrons. The standard InChI is InChI=1S/C12H12N2O3.C9H7NO/c15-11-4-3-9-10(2-1-5-13-9)14(11)8-12-16-6-7-17-12;11-8-3-4-9-7(6-8)2-1-5-10-9/h1-5,12H,6-8H2;1-5H,6H2. The molecule has 2 aliphatic rings. The Morgan fingerprint density at radius 2 is 1.75 bits per heavy atom. The molecular formula is C21H19N3O4. The fourth-order valence-corrected chi connectivity index (χ4v) is 3.14. The van der Waals surface area contributed by atoms with E-state index in [4.69, 9.17) is 9.47 Å². The summed E-state index contributed by atoms with van der Waals surface area (Å²) < 4.78 is 12.4. The predicted octanol–water partition coefficient (Wildman–Crippen LogP) is 1.99. The van der Waals surface area contributed by atoms with Gasteiger partial charge in [-0.1, -0.05) is 6.07 Å². The molecule has 1 aliphatic carbocycles. The highest BCUT2D eigenvalue weighted by atomic mass is 16.7. The second kappa shape index (κ2) is 8.24. The molecule has 7 nitrogen and oxygen atoms in total. The van der Waals surface area contributed by atoms with Gasteiger partial charge >= 0.3 is 0 Å². The van der Waals surface area contributed by atoms with Crippen molar-refractivity contribution in [2.45, 2.75) is 19.3 Å². The summed E-state index contributed by atoms with van der Waals surface area (Å²) in [6, 6.07) is 10.7.